The number of phenolic OH excluding ortho intramolecular Hbond substituents is 1. The number of aromatic nitrogens is 2. The molecule has 178 valence electrons. The number of hydrogen-bond donors (Lipinski definition) is 2. The van der Waals surface area contributed by atoms with Crippen LogP contribution in [0.5, 0.6) is 11.5 Å². The number of phenols is 1. The number of H-pyrrole nitrogens is 1. The van der Waals surface area contributed by atoms with Crippen LogP contribution in [0.15, 0.2) is 36.4 Å². The number of rotatable bonds is 5. The number of nitrogens with one attached hydrogen (secondary N) is 1. The van der Waals surface area contributed by atoms with E-state index < -0.39 is 21.9 Å². The number of aryl methyl sites for hydroxylation is 2. The molecule has 1 amide bonds. The second-order valence-electron chi connectivity index (χ2n) is 9.01. The van der Waals surface area contributed by atoms with Gasteiger partial charge in [-0.05, 0) is 62.1 Å². The molecule has 5 rings (SSSR count). The summed E-state index contributed by atoms with van der Waals surface area (Å²) >= 11 is 0. The number of hydrogen-bond acceptors (Lipinski definition) is 6. The normalized spacial score (nSPS) is 21.1. The first-order valence-corrected chi connectivity index (χ1v) is 13.2. The van der Waals surface area contributed by atoms with Crippen molar-refractivity contribution in [3.05, 3.63) is 64.3 Å². The zero-order chi connectivity index (χ0) is 24.2. The lowest BCUT2D eigenvalue weighted by atomic mass is 9.93. The molecular weight excluding hydrogens is 454 g/mol. The SMILES string of the molecule is CCOc1ccc(C2c3c(-c4cc(C)cc(C)c4O)n[nH]c3C(=O)N2C2CCS(=O)(=O)C2)cc1. The zero-order valence-electron chi connectivity index (χ0n) is 19.3. The van der Waals surface area contributed by atoms with E-state index in [0.717, 1.165) is 11.1 Å². The molecule has 2 atom stereocenters. The summed E-state index contributed by atoms with van der Waals surface area (Å²) in [4.78, 5) is 15.3. The van der Waals surface area contributed by atoms with Crippen molar-refractivity contribution >= 4 is 15.7 Å². The minimum atomic E-state index is -3.21. The molecule has 3 aromatic rings. The van der Waals surface area contributed by atoms with Gasteiger partial charge < -0.3 is 14.7 Å². The molecular formula is C25H27N3O5S. The number of benzene rings is 2. The highest BCUT2D eigenvalue weighted by Gasteiger charge is 2.48. The molecule has 2 aliphatic rings. The van der Waals surface area contributed by atoms with Gasteiger partial charge in [0, 0.05) is 17.2 Å². The van der Waals surface area contributed by atoms with Crippen LogP contribution in [0, 0.1) is 13.8 Å². The van der Waals surface area contributed by atoms with E-state index in [0.29, 0.717) is 46.9 Å². The third-order valence-corrected chi connectivity index (χ3v) is 8.36. The molecule has 2 aliphatic heterocycles. The highest BCUT2D eigenvalue weighted by Crippen LogP contribution is 2.47. The Morgan fingerprint density at radius 1 is 1.21 bits per heavy atom. The van der Waals surface area contributed by atoms with E-state index in [2.05, 4.69) is 10.2 Å². The van der Waals surface area contributed by atoms with Gasteiger partial charge in [-0.25, -0.2) is 8.42 Å². The van der Waals surface area contributed by atoms with Crippen LogP contribution in [0.25, 0.3) is 11.3 Å². The molecule has 0 aliphatic carbocycles. The molecule has 3 heterocycles. The summed E-state index contributed by atoms with van der Waals surface area (Å²) in [6.45, 7) is 6.21. The Bertz CT molecular complexity index is 1380. The number of aromatic amines is 1. The molecule has 0 bridgehead atoms. The van der Waals surface area contributed by atoms with Crippen LogP contribution in [-0.4, -0.2) is 58.7 Å². The van der Waals surface area contributed by atoms with Gasteiger partial charge >= 0.3 is 0 Å². The Balaban J connectivity index is 1.68. The Labute approximate surface area is 198 Å². The maximum absolute atomic E-state index is 13.6. The fraction of sp³-hybridized carbons (Fsp3) is 0.360. The molecule has 1 aromatic heterocycles. The molecule has 2 unspecified atom stereocenters. The highest BCUT2D eigenvalue weighted by atomic mass is 32.2. The zero-order valence-corrected chi connectivity index (χ0v) is 20.1. The van der Waals surface area contributed by atoms with Gasteiger partial charge in [-0.3, -0.25) is 9.89 Å². The van der Waals surface area contributed by atoms with Gasteiger partial charge in [0.25, 0.3) is 5.91 Å². The average molecular weight is 482 g/mol. The van der Waals surface area contributed by atoms with Crippen LogP contribution in [-0.2, 0) is 9.84 Å². The lowest BCUT2D eigenvalue weighted by Crippen LogP contribution is -2.40. The van der Waals surface area contributed by atoms with Crippen molar-refractivity contribution in [2.75, 3.05) is 18.1 Å². The van der Waals surface area contributed by atoms with Gasteiger partial charge in [0.2, 0.25) is 0 Å². The Morgan fingerprint density at radius 2 is 1.94 bits per heavy atom. The summed E-state index contributed by atoms with van der Waals surface area (Å²) in [5.41, 5.74) is 4.52. The van der Waals surface area contributed by atoms with Gasteiger partial charge in [-0.15, -0.1) is 0 Å². The maximum atomic E-state index is 13.6. The number of carbonyl (C=O) groups excluding carboxylic acids is 1. The van der Waals surface area contributed by atoms with Crippen molar-refractivity contribution in [1.29, 1.82) is 0 Å². The fourth-order valence-corrected chi connectivity index (χ4v) is 6.83. The summed E-state index contributed by atoms with van der Waals surface area (Å²) < 4.78 is 30.1. The second-order valence-corrected chi connectivity index (χ2v) is 11.2. The number of sulfone groups is 1. The first kappa shape index (κ1) is 22.5. The monoisotopic (exact) mass is 481 g/mol. The minimum Gasteiger partial charge on any atom is -0.507 e. The molecule has 2 N–H and O–H groups in total. The van der Waals surface area contributed by atoms with E-state index in [1.807, 2.05) is 57.2 Å². The van der Waals surface area contributed by atoms with Crippen molar-refractivity contribution in [1.82, 2.24) is 15.1 Å². The lowest BCUT2D eigenvalue weighted by Gasteiger charge is -2.31. The molecule has 2 aromatic carbocycles. The standard InChI is InChI=1S/C25H27N3O5S/c1-4-33-18-7-5-16(6-8-18)23-20-21(19-12-14(2)11-15(3)24(19)29)26-27-22(20)25(30)28(23)17-9-10-34(31,32)13-17/h5-8,11-12,17,23,29H,4,9-10,13H2,1-3H3,(H,26,27). The number of aromatic hydroxyl groups is 1. The van der Waals surface area contributed by atoms with Crippen LogP contribution in [0.1, 0.15) is 52.1 Å². The van der Waals surface area contributed by atoms with Crippen molar-refractivity contribution < 1.29 is 23.1 Å². The number of carbonyl (C=O) groups is 1. The van der Waals surface area contributed by atoms with Gasteiger partial charge in [0.1, 0.15) is 22.9 Å². The summed E-state index contributed by atoms with van der Waals surface area (Å²) in [5.74, 6) is 0.547. The molecule has 0 radical (unpaired) electrons. The van der Waals surface area contributed by atoms with E-state index in [9.17, 15) is 18.3 Å². The number of nitrogens with zero attached hydrogens (tertiary/aromatic N) is 2. The quantitative estimate of drug-likeness (QED) is 0.577. The molecule has 1 saturated heterocycles. The Morgan fingerprint density at radius 3 is 2.59 bits per heavy atom. The lowest BCUT2D eigenvalue weighted by molar-refractivity contribution is 0.0677. The topological polar surface area (TPSA) is 113 Å². The van der Waals surface area contributed by atoms with E-state index in [4.69, 9.17) is 4.74 Å². The van der Waals surface area contributed by atoms with Gasteiger partial charge in [-0.2, -0.15) is 5.10 Å². The largest absolute Gasteiger partial charge is 0.507 e. The molecule has 0 saturated carbocycles. The predicted molar refractivity (Wildman–Crippen MR) is 128 cm³/mol. The third kappa shape index (κ3) is 3.64. The van der Waals surface area contributed by atoms with Crippen LogP contribution >= 0.6 is 0 Å². The van der Waals surface area contributed by atoms with E-state index >= 15 is 0 Å². The summed E-state index contributed by atoms with van der Waals surface area (Å²) in [7, 11) is -3.21. The van der Waals surface area contributed by atoms with Crippen molar-refractivity contribution in [2.24, 2.45) is 0 Å². The third-order valence-electron chi connectivity index (χ3n) is 6.61. The van der Waals surface area contributed by atoms with Crippen LogP contribution in [0.3, 0.4) is 0 Å². The van der Waals surface area contributed by atoms with Crippen molar-refractivity contribution in [3.8, 4) is 22.8 Å². The summed E-state index contributed by atoms with van der Waals surface area (Å²) in [6, 6.07) is 10.2. The maximum Gasteiger partial charge on any atom is 0.273 e. The van der Waals surface area contributed by atoms with Gasteiger partial charge in [-0.1, -0.05) is 18.2 Å². The summed E-state index contributed by atoms with van der Waals surface area (Å²) in [6.07, 6.45) is 0.392. The Hall–Kier alpha value is -3.33. The summed E-state index contributed by atoms with van der Waals surface area (Å²) in [5, 5.41) is 18.2. The molecule has 9 heteroatoms. The van der Waals surface area contributed by atoms with Crippen LogP contribution in [0.2, 0.25) is 0 Å². The molecule has 8 nitrogen and oxygen atoms in total. The first-order chi connectivity index (χ1) is 16.2. The Kier molecular flexibility index (Phi) is 5.39. The smallest absolute Gasteiger partial charge is 0.273 e. The average Bonchev–Trinajstić information content (AvgIpc) is 3.45. The van der Waals surface area contributed by atoms with E-state index in [1.165, 1.54) is 0 Å². The van der Waals surface area contributed by atoms with Gasteiger partial charge in [0.05, 0.1) is 24.2 Å². The number of amides is 1. The van der Waals surface area contributed by atoms with Crippen molar-refractivity contribution in [2.45, 2.75) is 39.3 Å². The van der Waals surface area contributed by atoms with E-state index in [-0.39, 0.29) is 23.2 Å². The predicted octanol–water partition coefficient (Wildman–Crippen LogP) is 3.53. The first-order valence-electron chi connectivity index (χ1n) is 11.3. The van der Waals surface area contributed by atoms with E-state index in [1.54, 1.807) is 4.90 Å². The highest BCUT2D eigenvalue weighted by molar-refractivity contribution is 7.91. The van der Waals surface area contributed by atoms with Crippen molar-refractivity contribution in [3.63, 3.8) is 0 Å². The number of fused-ring (bicyclic) bond motifs is 1. The molecule has 0 spiro atoms. The number of ether oxygens (including phenoxy) is 1. The van der Waals surface area contributed by atoms with Gasteiger partial charge in [0.15, 0.2) is 9.84 Å². The van der Waals surface area contributed by atoms with Crippen LogP contribution < -0.4 is 4.74 Å². The molecule has 34 heavy (non-hydrogen) atoms. The molecule has 1 fully saturated rings. The van der Waals surface area contributed by atoms with Crippen LogP contribution in [0.4, 0.5) is 0 Å². The fourth-order valence-electron chi connectivity index (χ4n) is 5.12. The minimum absolute atomic E-state index is 0.0614. The second kappa shape index (κ2) is 8.16.